The second-order valence-corrected chi connectivity index (χ2v) is 6.47. The smallest absolute Gasteiger partial charge is 0.259 e. The van der Waals surface area contributed by atoms with E-state index in [2.05, 4.69) is 24.0 Å². The molecular weight excluding hydrogens is 260 g/mol. The van der Waals surface area contributed by atoms with Crippen LogP contribution in [0.5, 0.6) is 0 Å². The fourth-order valence-corrected chi connectivity index (χ4v) is 1.90. The van der Waals surface area contributed by atoms with Gasteiger partial charge in [0.05, 0.1) is 10.6 Å². The Morgan fingerprint density at radius 3 is 2.42 bits per heavy atom. The van der Waals surface area contributed by atoms with Crippen LogP contribution in [0, 0.1) is 0 Å². The summed E-state index contributed by atoms with van der Waals surface area (Å²) in [4.78, 5) is 4.45. The van der Waals surface area contributed by atoms with E-state index in [9.17, 15) is 0 Å². The molecule has 0 N–H and O–H groups in total. The van der Waals surface area contributed by atoms with Crippen molar-refractivity contribution in [3.8, 4) is 11.5 Å². The molecular formula is C15H19ClN2O. The molecule has 2 rings (SSSR count). The third-order valence-corrected chi connectivity index (χ3v) is 3.31. The largest absolute Gasteiger partial charge is 0.334 e. The molecule has 1 heterocycles. The lowest BCUT2D eigenvalue weighted by Gasteiger charge is -2.11. The molecule has 3 nitrogen and oxygen atoms in total. The molecule has 0 saturated heterocycles. The highest BCUT2D eigenvalue weighted by Gasteiger charge is 2.22. The Hall–Kier alpha value is -1.35. The monoisotopic (exact) mass is 278 g/mol. The molecule has 1 aromatic heterocycles. The van der Waals surface area contributed by atoms with Crippen LogP contribution in [0.25, 0.3) is 11.5 Å². The van der Waals surface area contributed by atoms with Crippen LogP contribution in [-0.2, 0) is 5.41 Å². The van der Waals surface area contributed by atoms with E-state index in [1.807, 2.05) is 39.0 Å². The van der Waals surface area contributed by atoms with Crippen LogP contribution in [-0.4, -0.2) is 10.1 Å². The van der Waals surface area contributed by atoms with Gasteiger partial charge in [-0.3, -0.25) is 0 Å². The van der Waals surface area contributed by atoms with E-state index in [0.717, 1.165) is 5.56 Å². The quantitative estimate of drug-likeness (QED) is 0.791. The summed E-state index contributed by atoms with van der Waals surface area (Å²) in [7, 11) is 0. The van der Waals surface area contributed by atoms with Crippen LogP contribution in [0.1, 0.15) is 51.9 Å². The van der Waals surface area contributed by atoms with Gasteiger partial charge in [0.25, 0.3) is 5.89 Å². The first kappa shape index (κ1) is 14.1. The molecule has 0 amide bonds. The van der Waals surface area contributed by atoms with Crippen LogP contribution < -0.4 is 0 Å². The van der Waals surface area contributed by atoms with Crippen LogP contribution in [0.3, 0.4) is 0 Å². The van der Waals surface area contributed by atoms with Gasteiger partial charge in [0, 0.05) is 5.41 Å². The Kier molecular flexibility index (Phi) is 3.68. The second-order valence-electron chi connectivity index (χ2n) is 6.07. The van der Waals surface area contributed by atoms with Gasteiger partial charge in [-0.25, -0.2) is 0 Å². The summed E-state index contributed by atoms with van der Waals surface area (Å²) >= 11 is 6.23. The standard InChI is InChI=1S/C15H19ClN2O/c1-9(2)10-6-7-12(16)11(8-10)13-17-14(18-19-13)15(3,4)5/h6-9H,1-5H3. The molecule has 19 heavy (non-hydrogen) atoms. The predicted octanol–water partition coefficient (Wildman–Crippen LogP) is 4.81. The lowest BCUT2D eigenvalue weighted by Crippen LogP contribution is -2.13. The summed E-state index contributed by atoms with van der Waals surface area (Å²) in [5.74, 6) is 1.60. The predicted molar refractivity (Wildman–Crippen MR) is 77.5 cm³/mol. The van der Waals surface area contributed by atoms with Gasteiger partial charge in [0.1, 0.15) is 0 Å². The SMILES string of the molecule is CC(C)c1ccc(Cl)c(-c2nc(C(C)(C)C)no2)c1. The van der Waals surface area contributed by atoms with Crippen molar-refractivity contribution in [1.82, 2.24) is 10.1 Å². The highest BCUT2D eigenvalue weighted by Crippen LogP contribution is 2.31. The number of benzene rings is 1. The van der Waals surface area contributed by atoms with E-state index in [1.165, 1.54) is 5.56 Å². The summed E-state index contributed by atoms with van der Waals surface area (Å²) in [6.07, 6.45) is 0. The maximum Gasteiger partial charge on any atom is 0.259 e. The van der Waals surface area contributed by atoms with Crippen molar-refractivity contribution in [2.75, 3.05) is 0 Å². The number of hydrogen-bond donors (Lipinski definition) is 0. The van der Waals surface area contributed by atoms with Gasteiger partial charge in [0.15, 0.2) is 5.82 Å². The van der Waals surface area contributed by atoms with E-state index < -0.39 is 0 Å². The lowest BCUT2D eigenvalue weighted by atomic mass is 9.96. The maximum atomic E-state index is 6.23. The summed E-state index contributed by atoms with van der Waals surface area (Å²) in [6.45, 7) is 10.4. The Morgan fingerprint density at radius 1 is 1.21 bits per heavy atom. The number of hydrogen-bond acceptors (Lipinski definition) is 3. The van der Waals surface area contributed by atoms with Gasteiger partial charge in [-0.2, -0.15) is 4.98 Å². The fourth-order valence-electron chi connectivity index (χ4n) is 1.70. The van der Waals surface area contributed by atoms with Crippen LogP contribution in [0.15, 0.2) is 22.7 Å². The van der Waals surface area contributed by atoms with Crippen molar-refractivity contribution < 1.29 is 4.52 Å². The lowest BCUT2D eigenvalue weighted by molar-refractivity contribution is 0.402. The average Bonchev–Trinajstić information content (AvgIpc) is 2.78. The molecule has 4 heteroatoms. The third kappa shape index (κ3) is 2.98. The van der Waals surface area contributed by atoms with Crippen molar-refractivity contribution in [2.24, 2.45) is 0 Å². The molecule has 0 atom stereocenters. The van der Waals surface area contributed by atoms with E-state index in [-0.39, 0.29) is 5.41 Å². The third-order valence-electron chi connectivity index (χ3n) is 2.98. The number of nitrogens with zero attached hydrogens (tertiary/aromatic N) is 2. The molecule has 0 saturated carbocycles. The first-order valence-electron chi connectivity index (χ1n) is 6.43. The first-order chi connectivity index (χ1) is 8.79. The zero-order chi connectivity index (χ0) is 14.2. The van der Waals surface area contributed by atoms with E-state index in [1.54, 1.807) is 0 Å². The van der Waals surface area contributed by atoms with Crippen LogP contribution >= 0.6 is 11.6 Å². The van der Waals surface area contributed by atoms with E-state index >= 15 is 0 Å². The molecule has 1 aromatic carbocycles. The van der Waals surface area contributed by atoms with E-state index in [4.69, 9.17) is 16.1 Å². The van der Waals surface area contributed by atoms with Gasteiger partial charge in [0.2, 0.25) is 0 Å². The fraction of sp³-hybridized carbons (Fsp3) is 0.467. The molecule has 0 unspecified atom stereocenters. The average molecular weight is 279 g/mol. The molecule has 0 spiro atoms. The van der Waals surface area contributed by atoms with Crippen LogP contribution in [0.4, 0.5) is 0 Å². The molecule has 2 aromatic rings. The number of halogens is 1. The van der Waals surface area contributed by atoms with Crippen LogP contribution in [0.2, 0.25) is 5.02 Å². The van der Waals surface area contributed by atoms with Gasteiger partial charge >= 0.3 is 0 Å². The molecule has 0 radical (unpaired) electrons. The summed E-state index contributed by atoms with van der Waals surface area (Å²) < 4.78 is 5.35. The Balaban J connectivity index is 2.47. The minimum absolute atomic E-state index is 0.135. The maximum absolute atomic E-state index is 6.23. The van der Waals surface area contributed by atoms with Crippen molar-refractivity contribution in [1.29, 1.82) is 0 Å². The van der Waals surface area contributed by atoms with Gasteiger partial charge in [-0.05, 0) is 23.6 Å². The van der Waals surface area contributed by atoms with Gasteiger partial charge in [-0.15, -0.1) is 0 Å². The second kappa shape index (κ2) is 4.97. The Bertz CT molecular complexity index is 582. The zero-order valence-electron chi connectivity index (χ0n) is 12.0. The molecule has 0 aliphatic heterocycles. The topological polar surface area (TPSA) is 38.9 Å². The highest BCUT2D eigenvalue weighted by molar-refractivity contribution is 6.33. The normalized spacial score (nSPS) is 12.2. The van der Waals surface area contributed by atoms with Crippen molar-refractivity contribution >= 4 is 11.6 Å². The highest BCUT2D eigenvalue weighted by atomic mass is 35.5. The molecule has 102 valence electrons. The van der Waals surface area contributed by atoms with Crippen molar-refractivity contribution in [3.05, 3.63) is 34.6 Å². The Morgan fingerprint density at radius 2 is 1.89 bits per heavy atom. The van der Waals surface area contributed by atoms with Gasteiger partial charge in [-0.1, -0.05) is 57.4 Å². The van der Waals surface area contributed by atoms with Crippen molar-refractivity contribution in [3.63, 3.8) is 0 Å². The minimum Gasteiger partial charge on any atom is -0.334 e. The zero-order valence-corrected chi connectivity index (χ0v) is 12.7. The molecule has 0 aliphatic carbocycles. The molecule has 0 bridgehead atoms. The number of rotatable bonds is 2. The van der Waals surface area contributed by atoms with E-state index in [0.29, 0.717) is 22.7 Å². The molecule has 0 aliphatic rings. The van der Waals surface area contributed by atoms with Gasteiger partial charge < -0.3 is 4.52 Å². The first-order valence-corrected chi connectivity index (χ1v) is 6.81. The summed E-state index contributed by atoms with van der Waals surface area (Å²) in [5, 5.41) is 4.67. The molecule has 0 fully saturated rings. The Labute approximate surface area is 119 Å². The summed E-state index contributed by atoms with van der Waals surface area (Å²) in [5.41, 5.74) is 1.87. The minimum atomic E-state index is -0.135. The number of aromatic nitrogens is 2. The van der Waals surface area contributed by atoms with Crippen molar-refractivity contribution in [2.45, 2.75) is 46.0 Å². The summed E-state index contributed by atoms with van der Waals surface area (Å²) in [6, 6.07) is 5.93.